The van der Waals surface area contributed by atoms with Crippen molar-refractivity contribution >= 4 is 29.4 Å². The van der Waals surface area contributed by atoms with Gasteiger partial charge in [0, 0.05) is 31.2 Å². The Bertz CT molecular complexity index is 760. The second-order valence-corrected chi connectivity index (χ2v) is 7.98. The summed E-state index contributed by atoms with van der Waals surface area (Å²) in [6.07, 6.45) is 0.802. The Kier molecular flexibility index (Phi) is 7.30. The summed E-state index contributed by atoms with van der Waals surface area (Å²) in [6, 6.07) is 4.27. The molecule has 9 nitrogen and oxygen atoms in total. The van der Waals surface area contributed by atoms with Crippen LogP contribution in [0.4, 0.5) is 21.0 Å². The van der Waals surface area contributed by atoms with Gasteiger partial charge in [-0.15, -0.1) is 0 Å². The number of amides is 4. The van der Waals surface area contributed by atoms with E-state index in [-0.39, 0.29) is 11.9 Å². The van der Waals surface area contributed by atoms with E-state index in [0.717, 1.165) is 13.0 Å². The largest absolute Gasteiger partial charge is 0.495 e. The van der Waals surface area contributed by atoms with Crippen molar-refractivity contribution in [3.63, 3.8) is 0 Å². The second kappa shape index (κ2) is 9.49. The number of hydrogen-bond acceptors (Lipinski definition) is 5. The summed E-state index contributed by atoms with van der Waals surface area (Å²) >= 11 is 0. The van der Waals surface area contributed by atoms with Gasteiger partial charge in [0.15, 0.2) is 0 Å². The lowest BCUT2D eigenvalue weighted by Gasteiger charge is -2.22. The van der Waals surface area contributed by atoms with E-state index >= 15 is 0 Å². The molecule has 3 N–H and O–H groups in total. The monoisotopic (exact) mass is 406 g/mol. The van der Waals surface area contributed by atoms with E-state index < -0.39 is 17.7 Å². The van der Waals surface area contributed by atoms with Crippen LogP contribution in [0.1, 0.15) is 40.5 Å². The first kappa shape index (κ1) is 22.3. The molecule has 0 aliphatic carbocycles. The summed E-state index contributed by atoms with van der Waals surface area (Å²) in [7, 11) is 1.48. The van der Waals surface area contributed by atoms with Crippen molar-refractivity contribution < 1.29 is 23.9 Å². The summed E-state index contributed by atoms with van der Waals surface area (Å²) < 4.78 is 10.5. The van der Waals surface area contributed by atoms with Crippen LogP contribution < -0.4 is 20.7 Å². The van der Waals surface area contributed by atoms with E-state index in [1.807, 2.05) is 6.92 Å². The molecule has 1 aliphatic heterocycles. The van der Waals surface area contributed by atoms with Crippen LogP contribution in [-0.2, 0) is 9.53 Å². The molecule has 1 atom stereocenters. The molecule has 0 bridgehead atoms. The number of nitrogens with zero attached hydrogens (tertiary/aromatic N) is 1. The molecule has 2 rings (SSSR count). The number of methoxy groups -OCH3 is 1. The lowest BCUT2D eigenvalue weighted by molar-refractivity contribution is -0.127. The molecule has 160 valence electrons. The van der Waals surface area contributed by atoms with Crippen molar-refractivity contribution in [2.75, 3.05) is 30.8 Å². The topological polar surface area (TPSA) is 109 Å². The van der Waals surface area contributed by atoms with Crippen LogP contribution in [0.2, 0.25) is 0 Å². The Hall–Kier alpha value is -2.97. The maximum absolute atomic E-state index is 12.3. The first-order chi connectivity index (χ1) is 13.6. The molecule has 1 heterocycles. The van der Waals surface area contributed by atoms with E-state index in [0.29, 0.717) is 30.1 Å². The quantitative estimate of drug-likeness (QED) is 0.672. The molecular weight excluding hydrogens is 376 g/mol. The molecule has 4 amide bonds. The highest BCUT2D eigenvalue weighted by Gasteiger charge is 2.22. The van der Waals surface area contributed by atoms with Gasteiger partial charge in [-0.1, -0.05) is 0 Å². The van der Waals surface area contributed by atoms with Crippen molar-refractivity contribution in [2.24, 2.45) is 0 Å². The molecule has 0 unspecified atom stereocenters. The van der Waals surface area contributed by atoms with Crippen molar-refractivity contribution in [3.8, 4) is 5.75 Å². The maximum Gasteiger partial charge on any atom is 0.412 e. The van der Waals surface area contributed by atoms with Crippen molar-refractivity contribution in [2.45, 2.75) is 52.2 Å². The molecular formula is C20H30N4O5. The average molecular weight is 406 g/mol. The van der Waals surface area contributed by atoms with E-state index in [9.17, 15) is 14.4 Å². The summed E-state index contributed by atoms with van der Waals surface area (Å²) in [5.41, 5.74) is 0.203. The number of nitrogens with one attached hydrogen (secondary N) is 3. The van der Waals surface area contributed by atoms with Crippen molar-refractivity contribution in [1.29, 1.82) is 0 Å². The third kappa shape index (κ3) is 7.17. The summed E-state index contributed by atoms with van der Waals surface area (Å²) in [6.45, 7) is 8.34. The SMILES string of the molecule is COc1ccc(NC(=O)N[C@H](C)CN2CCCC2=O)cc1NC(=O)OC(C)(C)C. The van der Waals surface area contributed by atoms with E-state index in [1.54, 1.807) is 43.9 Å². The molecule has 1 saturated heterocycles. The van der Waals surface area contributed by atoms with Crippen molar-refractivity contribution in [1.82, 2.24) is 10.2 Å². The fourth-order valence-corrected chi connectivity index (χ4v) is 2.96. The zero-order valence-electron chi connectivity index (χ0n) is 17.6. The number of hydrogen-bond donors (Lipinski definition) is 3. The summed E-state index contributed by atoms with van der Waals surface area (Å²) in [4.78, 5) is 37.8. The number of benzene rings is 1. The number of anilines is 2. The van der Waals surface area contributed by atoms with Crippen LogP contribution in [-0.4, -0.2) is 54.8 Å². The van der Waals surface area contributed by atoms with Gasteiger partial charge in [0.25, 0.3) is 0 Å². The zero-order chi connectivity index (χ0) is 21.6. The number of rotatable bonds is 6. The van der Waals surface area contributed by atoms with E-state index in [2.05, 4.69) is 16.0 Å². The van der Waals surface area contributed by atoms with Gasteiger partial charge in [0.2, 0.25) is 5.91 Å². The van der Waals surface area contributed by atoms with Gasteiger partial charge in [-0.2, -0.15) is 0 Å². The van der Waals surface area contributed by atoms with Crippen LogP contribution in [0.25, 0.3) is 0 Å². The number of likely N-dealkylation sites (tertiary alicyclic amines) is 1. The van der Waals surface area contributed by atoms with E-state index in [4.69, 9.17) is 9.47 Å². The molecule has 1 fully saturated rings. The minimum atomic E-state index is -0.639. The normalized spacial score (nSPS) is 14.9. The molecule has 0 aromatic heterocycles. The predicted molar refractivity (Wildman–Crippen MR) is 110 cm³/mol. The zero-order valence-corrected chi connectivity index (χ0v) is 17.6. The standard InChI is InChI=1S/C20H30N4O5/c1-13(12-24-10-6-7-17(24)25)21-18(26)22-14-8-9-16(28-5)15(11-14)23-19(27)29-20(2,3)4/h8-9,11,13H,6-7,10,12H2,1-5H3,(H,23,27)(H2,21,22,26)/t13-/m1/s1. The molecule has 0 radical (unpaired) electrons. The van der Waals surface area contributed by atoms with E-state index in [1.165, 1.54) is 7.11 Å². The Balaban J connectivity index is 1.96. The van der Waals surface area contributed by atoms with Gasteiger partial charge < -0.3 is 25.0 Å². The fraction of sp³-hybridized carbons (Fsp3) is 0.550. The van der Waals surface area contributed by atoms with Gasteiger partial charge in [-0.3, -0.25) is 10.1 Å². The smallest absolute Gasteiger partial charge is 0.412 e. The van der Waals surface area contributed by atoms with Gasteiger partial charge in [-0.25, -0.2) is 9.59 Å². The lowest BCUT2D eigenvalue weighted by atomic mass is 10.2. The molecule has 0 spiro atoms. The minimum Gasteiger partial charge on any atom is -0.495 e. The predicted octanol–water partition coefficient (Wildman–Crippen LogP) is 3.17. The third-order valence-corrected chi connectivity index (χ3v) is 4.14. The summed E-state index contributed by atoms with van der Waals surface area (Å²) in [5.74, 6) is 0.551. The Morgan fingerprint density at radius 3 is 2.55 bits per heavy atom. The highest BCUT2D eigenvalue weighted by Crippen LogP contribution is 2.28. The highest BCUT2D eigenvalue weighted by atomic mass is 16.6. The Morgan fingerprint density at radius 1 is 1.24 bits per heavy atom. The first-order valence-corrected chi connectivity index (χ1v) is 9.60. The molecule has 9 heteroatoms. The van der Waals surface area contributed by atoms with Gasteiger partial charge in [0.05, 0.1) is 12.8 Å². The number of carbonyl (C=O) groups excluding carboxylic acids is 3. The molecule has 0 saturated carbocycles. The van der Waals surface area contributed by atoms with Crippen molar-refractivity contribution in [3.05, 3.63) is 18.2 Å². The fourth-order valence-electron chi connectivity index (χ4n) is 2.96. The van der Waals surface area contributed by atoms with Gasteiger partial charge in [-0.05, 0) is 52.3 Å². The number of ether oxygens (including phenoxy) is 2. The molecule has 29 heavy (non-hydrogen) atoms. The molecule has 1 aromatic carbocycles. The number of carbonyl (C=O) groups is 3. The molecule has 1 aromatic rings. The van der Waals surface area contributed by atoms with Crippen LogP contribution >= 0.6 is 0 Å². The van der Waals surface area contributed by atoms with Crippen LogP contribution in [0, 0.1) is 0 Å². The highest BCUT2D eigenvalue weighted by molar-refractivity contribution is 5.92. The lowest BCUT2D eigenvalue weighted by Crippen LogP contribution is -2.44. The average Bonchev–Trinajstić information content (AvgIpc) is 2.97. The van der Waals surface area contributed by atoms with Gasteiger partial charge >= 0.3 is 12.1 Å². The Morgan fingerprint density at radius 2 is 1.97 bits per heavy atom. The first-order valence-electron chi connectivity index (χ1n) is 9.60. The van der Waals surface area contributed by atoms with Crippen LogP contribution in [0.15, 0.2) is 18.2 Å². The second-order valence-electron chi connectivity index (χ2n) is 7.98. The Labute approximate surface area is 171 Å². The van der Waals surface area contributed by atoms with Gasteiger partial charge in [0.1, 0.15) is 11.4 Å². The minimum absolute atomic E-state index is 0.118. The maximum atomic E-state index is 12.3. The summed E-state index contributed by atoms with van der Waals surface area (Å²) in [5, 5.41) is 8.15. The molecule has 1 aliphatic rings. The number of urea groups is 1. The third-order valence-electron chi connectivity index (χ3n) is 4.14. The van der Waals surface area contributed by atoms with Crippen LogP contribution in [0.3, 0.4) is 0 Å². The van der Waals surface area contributed by atoms with Crippen LogP contribution in [0.5, 0.6) is 5.75 Å².